The van der Waals surface area contributed by atoms with E-state index in [1.165, 1.54) is 0 Å². The fraction of sp³-hybridized carbons (Fsp3) is 0.375. The zero-order valence-electron chi connectivity index (χ0n) is 11.3. The van der Waals surface area contributed by atoms with Crippen molar-refractivity contribution in [3.63, 3.8) is 0 Å². The van der Waals surface area contributed by atoms with Gasteiger partial charge in [0.05, 0.1) is 18.4 Å². The molecule has 0 bridgehead atoms. The van der Waals surface area contributed by atoms with E-state index in [1.54, 1.807) is 0 Å². The average molecular weight is 267 g/mol. The molecule has 1 aromatic carbocycles. The SMILES string of the molecule is N#CC1CCCN(C(=O)Cc2c[nH]c3ccccc23)C1. The molecule has 0 spiro atoms. The van der Waals surface area contributed by atoms with Gasteiger partial charge in [-0.25, -0.2) is 0 Å². The van der Waals surface area contributed by atoms with Gasteiger partial charge in [-0.1, -0.05) is 18.2 Å². The van der Waals surface area contributed by atoms with Crippen molar-refractivity contribution in [1.29, 1.82) is 5.26 Å². The number of aromatic amines is 1. The Labute approximate surface area is 118 Å². The van der Waals surface area contributed by atoms with Crippen LogP contribution in [0.1, 0.15) is 18.4 Å². The van der Waals surface area contributed by atoms with Crippen LogP contribution in [0.2, 0.25) is 0 Å². The van der Waals surface area contributed by atoms with E-state index in [0.717, 1.165) is 35.9 Å². The predicted octanol–water partition coefficient (Wildman–Crippen LogP) is 2.47. The summed E-state index contributed by atoms with van der Waals surface area (Å²) < 4.78 is 0. The first-order valence-corrected chi connectivity index (χ1v) is 7.00. The zero-order valence-corrected chi connectivity index (χ0v) is 11.3. The first-order chi connectivity index (χ1) is 9.78. The molecular weight excluding hydrogens is 250 g/mol. The van der Waals surface area contributed by atoms with Gasteiger partial charge in [-0.3, -0.25) is 4.79 Å². The Kier molecular flexibility index (Phi) is 3.42. The van der Waals surface area contributed by atoms with Crippen LogP contribution in [0, 0.1) is 17.2 Å². The second kappa shape index (κ2) is 5.38. The van der Waals surface area contributed by atoms with Crippen LogP contribution < -0.4 is 0 Å². The largest absolute Gasteiger partial charge is 0.361 e. The monoisotopic (exact) mass is 267 g/mol. The minimum atomic E-state index is -0.00401. The molecule has 1 saturated heterocycles. The van der Waals surface area contributed by atoms with E-state index >= 15 is 0 Å². The summed E-state index contributed by atoms with van der Waals surface area (Å²) in [6, 6.07) is 10.3. The Morgan fingerprint density at radius 1 is 1.45 bits per heavy atom. The van der Waals surface area contributed by atoms with Crippen molar-refractivity contribution in [2.24, 2.45) is 5.92 Å². The van der Waals surface area contributed by atoms with E-state index in [-0.39, 0.29) is 11.8 Å². The van der Waals surface area contributed by atoms with Crippen molar-refractivity contribution >= 4 is 16.8 Å². The topological polar surface area (TPSA) is 59.9 Å². The van der Waals surface area contributed by atoms with Gasteiger partial charge in [0.25, 0.3) is 0 Å². The summed E-state index contributed by atoms with van der Waals surface area (Å²) >= 11 is 0. The molecule has 1 aliphatic heterocycles. The first-order valence-electron chi connectivity index (χ1n) is 7.00. The van der Waals surface area contributed by atoms with Crippen molar-refractivity contribution in [3.8, 4) is 6.07 Å². The van der Waals surface area contributed by atoms with Crippen LogP contribution in [0.5, 0.6) is 0 Å². The van der Waals surface area contributed by atoms with Gasteiger partial charge < -0.3 is 9.88 Å². The van der Waals surface area contributed by atoms with Crippen molar-refractivity contribution in [3.05, 3.63) is 36.0 Å². The highest BCUT2D eigenvalue weighted by atomic mass is 16.2. The van der Waals surface area contributed by atoms with Gasteiger partial charge in [0, 0.05) is 30.2 Å². The van der Waals surface area contributed by atoms with Crippen LogP contribution >= 0.6 is 0 Å². The van der Waals surface area contributed by atoms with Crippen molar-refractivity contribution in [2.75, 3.05) is 13.1 Å². The number of nitrogens with one attached hydrogen (secondary N) is 1. The fourth-order valence-corrected chi connectivity index (χ4v) is 2.86. The normalized spacial score (nSPS) is 18.9. The standard InChI is InChI=1S/C16H17N3O/c17-9-12-4-3-7-19(11-12)16(20)8-13-10-18-15-6-2-1-5-14(13)15/h1-2,5-6,10,12,18H,3-4,7-8,11H2. The van der Waals surface area contributed by atoms with Crippen LogP contribution in [-0.2, 0) is 11.2 Å². The predicted molar refractivity (Wildman–Crippen MR) is 76.9 cm³/mol. The van der Waals surface area contributed by atoms with E-state index in [4.69, 9.17) is 5.26 Å². The van der Waals surface area contributed by atoms with Gasteiger partial charge in [-0.2, -0.15) is 5.26 Å². The first kappa shape index (κ1) is 12.7. The molecule has 4 nitrogen and oxygen atoms in total. The Morgan fingerprint density at radius 2 is 2.30 bits per heavy atom. The molecule has 1 aliphatic rings. The van der Waals surface area contributed by atoms with Crippen molar-refractivity contribution in [1.82, 2.24) is 9.88 Å². The molecule has 1 amide bonds. The number of rotatable bonds is 2. The maximum atomic E-state index is 12.4. The van der Waals surface area contributed by atoms with Crippen molar-refractivity contribution in [2.45, 2.75) is 19.3 Å². The third-order valence-corrected chi connectivity index (χ3v) is 3.97. The minimum absolute atomic E-state index is 0.00401. The second-order valence-electron chi connectivity index (χ2n) is 5.34. The number of carbonyl (C=O) groups is 1. The third-order valence-electron chi connectivity index (χ3n) is 3.97. The maximum Gasteiger partial charge on any atom is 0.227 e. The highest BCUT2D eigenvalue weighted by molar-refractivity contribution is 5.88. The minimum Gasteiger partial charge on any atom is -0.361 e. The Morgan fingerprint density at radius 3 is 3.15 bits per heavy atom. The van der Waals surface area contributed by atoms with Crippen molar-refractivity contribution < 1.29 is 4.79 Å². The number of fused-ring (bicyclic) bond motifs is 1. The smallest absolute Gasteiger partial charge is 0.227 e. The Hall–Kier alpha value is -2.28. The zero-order chi connectivity index (χ0) is 13.9. The van der Waals surface area contributed by atoms with Gasteiger partial charge in [-0.05, 0) is 24.5 Å². The lowest BCUT2D eigenvalue weighted by atomic mass is 9.99. The number of nitriles is 1. The molecular formula is C16H17N3O. The van der Waals surface area contributed by atoms with E-state index in [0.29, 0.717) is 13.0 Å². The highest BCUT2D eigenvalue weighted by Crippen LogP contribution is 2.21. The second-order valence-corrected chi connectivity index (χ2v) is 5.34. The van der Waals surface area contributed by atoms with Gasteiger partial charge in [0.1, 0.15) is 0 Å². The lowest BCUT2D eigenvalue weighted by Crippen LogP contribution is -2.40. The molecule has 1 atom stereocenters. The molecule has 2 aromatic rings. The molecule has 2 heterocycles. The molecule has 0 aliphatic carbocycles. The van der Waals surface area contributed by atoms with Crippen LogP contribution in [0.3, 0.4) is 0 Å². The fourth-order valence-electron chi connectivity index (χ4n) is 2.86. The summed E-state index contributed by atoms with van der Waals surface area (Å²) in [5.41, 5.74) is 2.09. The van der Waals surface area contributed by atoms with E-state index in [9.17, 15) is 4.79 Å². The number of amides is 1. The third kappa shape index (κ3) is 2.39. The van der Waals surface area contributed by atoms with E-state index in [1.807, 2.05) is 35.4 Å². The molecule has 1 fully saturated rings. The number of nitrogens with zero attached hydrogens (tertiary/aromatic N) is 2. The quantitative estimate of drug-likeness (QED) is 0.908. The average Bonchev–Trinajstić information content (AvgIpc) is 2.90. The lowest BCUT2D eigenvalue weighted by Gasteiger charge is -2.29. The number of piperidine rings is 1. The summed E-state index contributed by atoms with van der Waals surface area (Å²) in [6.45, 7) is 1.36. The molecule has 102 valence electrons. The maximum absolute atomic E-state index is 12.4. The molecule has 1 aromatic heterocycles. The number of benzene rings is 1. The van der Waals surface area contributed by atoms with E-state index in [2.05, 4.69) is 11.1 Å². The Balaban J connectivity index is 1.74. The molecule has 0 saturated carbocycles. The Bertz CT molecular complexity index is 668. The molecule has 4 heteroatoms. The molecule has 0 radical (unpaired) electrons. The number of hydrogen-bond donors (Lipinski definition) is 1. The number of para-hydroxylation sites is 1. The molecule has 1 N–H and O–H groups in total. The number of H-pyrrole nitrogens is 1. The molecule has 1 unspecified atom stereocenters. The van der Waals surface area contributed by atoms with Crippen LogP contribution in [0.25, 0.3) is 10.9 Å². The number of aromatic nitrogens is 1. The summed E-state index contributed by atoms with van der Waals surface area (Å²) in [7, 11) is 0. The number of hydrogen-bond acceptors (Lipinski definition) is 2. The van der Waals surface area contributed by atoms with Gasteiger partial charge >= 0.3 is 0 Å². The highest BCUT2D eigenvalue weighted by Gasteiger charge is 2.23. The molecule has 20 heavy (non-hydrogen) atoms. The van der Waals surface area contributed by atoms with Crippen LogP contribution in [-0.4, -0.2) is 28.9 Å². The summed E-state index contributed by atoms with van der Waals surface area (Å²) in [5.74, 6) is 0.116. The summed E-state index contributed by atoms with van der Waals surface area (Å²) in [4.78, 5) is 17.4. The van der Waals surface area contributed by atoms with Gasteiger partial charge in [0.15, 0.2) is 0 Å². The van der Waals surface area contributed by atoms with Gasteiger partial charge in [0.2, 0.25) is 5.91 Å². The van der Waals surface area contributed by atoms with Gasteiger partial charge in [-0.15, -0.1) is 0 Å². The van der Waals surface area contributed by atoms with E-state index < -0.39 is 0 Å². The van der Waals surface area contributed by atoms with Crippen LogP contribution in [0.4, 0.5) is 0 Å². The summed E-state index contributed by atoms with van der Waals surface area (Å²) in [6.07, 6.45) is 4.15. The molecule has 3 rings (SSSR count). The number of carbonyl (C=O) groups excluding carboxylic acids is 1. The van der Waals surface area contributed by atoms with Crippen LogP contribution in [0.15, 0.2) is 30.5 Å². The lowest BCUT2D eigenvalue weighted by molar-refractivity contribution is -0.131. The number of likely N-dealkylation sites (tertiary alicyclic amines) is 1. The summed E-state index contributed by atoms with van der Waals surface area (Å²) in [5, 5.41) is 10.1.